The third kappa shape index (κ3) is 3.33. The molecule has 2 N–H and O–H groups in total. The highest BCUT2D eigenvalue weighted by atomic mass is 35.5. The van der Waals surface area contributed by atoms with E-state index in [1.54, 1.807) is 22.8 Å². The van der Waals surface area contributed by atoms with Gasteiger partial charge in [0, 0.05) is 11.8 Å². The second kappa shape index (κ2) is 6.78. The molecule has 1 amide bonds. The second-order valence-electron chi connectivity index (χ2n) is 5.58. The van der Waals surface area contributed by atoms with Gasteiger partial charge in [-0.15, -0.1) is 12.4 Å². The number of amides is 1. The third-order valence-electron chi connectivity index (χ3n) is 3.82. The van der Waals surface area contributed by atoms with Crippen molar-refractivity contribution in [1.82, 2.24) is 4.57 Å². The Hall–Kier alpha value is -2.51. The van der Waals surface area contributed by atoms with E-state index in [9.17, 15) is 4.79 Å². The predicted molar refractivity (Wildman–Crippen MR) is 98.8 cm³/mol. The monoisotopic (exact) mass is 377 g/mol. The number of halogens is 1. The zero-order valence-electron chi connectivity index (χ0n) is 13.4. The standard InChI is InChI=1S/C17H15N3O3S.ClH/c1-10-2-4-12-15(6-10)24-17(18)20(12)8-16(21)19-11-3-5-13-14(7-11)23-9-22-13;/h2-7,18H,8-9H2,1H3,(H,19,21);1H. The fraction of sp³-hybridized carbons (Fsp3) is 0.176. The fourth-order valence-electron chi connectivity index (χ4n) is 2.67. The molecule has 0 atom stereocenters. The van der Waals surface area contributed by atoms with Crippen molar-refractivity contribution in [2.24, 2.45) is 0 Å². The van der Waals surface area contributed by atoms with Crippen LogP contribution in [0.4, 0.5) is 5.69 Å². The number of hydrogen-bond acceptors (Lipinski definition) is 5. The molecule has 0 saturated heterocycles. The predicted octanol–water partition coefficient (Wildman–Crippen LogP) is 3.28. The SMILES string of the molecule is Cc1ccc2c(c1)sc(=N)n2CC(=O)Nc1ccc2c(c1)OCO2.Cl. The minimum atomic E-state index is -0.187. The first-order valence-electron chi connectivity index (χ1n) is 7.44. The Kier molecular flexibility index (Phi) is 4.69. The smallest absolute Gasteiger partial charge is 0.244 e. The summed E-state index contributed by atoms with van der Waals surface area (Å²) in [5.41, 5.74) is 2.68. The Bertz CT molecular complexity index is 1010. The van der Waals surface area contributed by atoms with Crippen molar-refractivity contribution < 1.29 is 14.3 Å². The van der Waals surface area contributed by atoms with Crippen molar-refractivity contribution in [3.05, 3.63) is 46.8 Å². The van der Waals surface area contributed by atoms with E-state index in [0.717, 1.165) is 15.8 Å². The minimum Gasteiger partial charge on any atom is -0.454 e. The molecule has 3 aromatic rings. The van der Waals surface area contributed by atoms with Crippen LogP contribution in [0.5, 0.6) is 11.5 Å². The molecule has 1 aliphatic rings. The molecule has 1 aliphatic heterocycles. The fourth-order valence-corrected chi connectivity index (χ4v) is 3.68. The zero-order valence-corrected chi connectivity index (χ0v) is 15.0. The van der Waals surface area contributed by atoms with Crippen LogP contribution < -0.4 is 19.6 Å². The highest BCUT2D eigenvalue weighted by molar-refractivity contribution is 7.16. The van der Waals surface area contributed by atoms with E-state index in [-0.39, 0.29) is 31.7 Å². The van der Waals surface area contributed by atoms with E-state index in [4.69, 9.17) is 14.9 Å². The molecule has 0 spiro atoms. The number of carbonyl (C=O) groups is 1. The molecule has 0 saturated carbocycles. The summed E-state index contributed by atoms with van der Waals surface area (Å²) in [5.74, 6) is 1.11. The summed E-state index contributed by atoms with van der Waals surface area (Å²) in [4.78, 5) is 12.7. The lowest BCUT2D eigenvalue weighted by Crippen LogP contribution is -2.24. The van der Waals surface area contributed by atoms with Gasteiger partial charge in [-0.2, -0.15) is 0 Å². The second-order valence-corrected chi connectivity index (χ2v) is 6.61. The maximum atomic E-state index is 12.4. The number of hydrogen-bond donors (Lipinski definition) is 2. The summed E-state index contributed by atoms with van der Waals surface area (Å²) < 4.78 is 13.3. The number of carbonyl (C=O) groups excluding carboxylic acids is 1. The Morgan fingerprint density at radius 1 is 1.24 bits per heavy atom. The zero-order chi connectivity index (χ0) is 16.7. The van der Waals surface area contributed by atoms with Crippen LogP contribution >= 0.6 is 23.7 Å². The summed E-state index contributed by atoms with van der Waals surface area (Å²) in [6.45, 7) is 2.31. The number of aryl methyl sites for hydroxylation is 1. The van der Waals surface area contributed by atoms with Crippen molar-refractivity contribution in [2.45, 2.75) is 13.5 Å². The molecule has 0 aliphatic carbocycles. The topological polar surface area (TPSA) is 76.3 Å². The van der Waals surface area contributed by atoms with Gasteiger partial charge in [0.05, 0.1) is 10.2 Å². The van der Waals surface area contributed by atoms with Crippen molar-refractivity contribution in [3.8, 4) is 11.5 Å². The van der Waals surface area contributed by atoms with E-state index in [0.29, 0.717) is 22.0 Å². The van der Waals surface area contributed by atoms with Crippen LogP contribution in [0.15, 0.2) is 36.4 Å². The number of aromatic nitrogens is 1. The van der Waals surface area contributed by atoms with Crippen molar-refractivity contribution >= 4 is 45.6 Å². The summed E-state index contributed by atoms with van der Waals surface area (Å²) in [7, 11) is 0. The highest BCUT2D eigenvalue weighted by Crippen LogP contribution is 2.34. The van der Waals surface area contributed by atoms with Gasteiger partial charge in [-0.25, -0.2) is 0 Å². The minimum absolute atomic E-state index is 0. The molecule has 2 heterocycles. The number of anilines is 1. The molecular weight excluding hydrogens is 362 g/mol. The van der Waals surface area contributed by atoms with Gasteiger partial charge in [0.2, 0.25) is 12.7 Å². The first kappa shape index (κ1) is 17.3. The number of thiazole rings is 1. The van der Waals surface area contributed by atoms with Gasteiger partial charge in [0.25, 0.3) is 0 Å². The Morgan fingerprint density at radius 3 is 2.88 bits per heavy atom. The van der Waals surface area contributed by atoms with Crippen molar-refractivity contribution in [3.63, 3.8) is 0 Å². The van der Waals surface area contributed by atoms with Crippen LogP contribution in [0.1, 0.15) is 5.56 Å². The van der Waals surface area contributed by atoms with Crippen LogP contribution in [0, 0.1) is 12.3 Å². The number of nitrogens with one attached hydrogen (secondary N) is 2. The molecular formula is C17H16ClN3O3S. The van der Waals surface area contributed by atoms with Crippen molar-refractivity contribution in [2.75, 3.05) is 12.1 Å². The van der Waals surface area contributed by atoms with Crippen LogP contribution in [-0.2, 0) is 11.3 Å². The third-order valence-corrected chi connectivity index (χ3v) is 4.78. The van der Waals surface area contributed by atoms with E-state index >= 15 is 0 Å². The number of nitrogens with zero attached hydrogens (tertiary/aromatic N) is 1. The summed E-state index contributed by atoms with van der Waals surface area (Å²) in [6.07, 6.45) is 0. The maximum Gasteiger partial charge on any atom is 0.244 e. The van der Waals surface area contributed by atoms with Gasteiger partial charge < -0.3 is 19.4 Å². The average Bonchev–Trinajstić information content (AvgIpc) is 3.11. The van der Waals surface area contributed by atoms with Crippen LogP contribution in [0.2, 0.25) is 0 Å². The first-order chi connectivity index (χ1) is 11.6. The number of rotatable bonds is 3. The number of ether oxygens (including phenoxy) is 2. The molecule has 6 nitrogen and oxygen atoms in total. The van der Waals surface area contributed by atoms with E-state index < -0.39 is 0 Å². The van der Waals surface area contributed by atoms with Gasteiger partial charge in [0.15, 0.2) is 16.3 Å². The summed E-state index contributed by atoms with van der Waals surface area (Å²) in [6, 6.07) is 11.2. The largest absolute Gasteiger partial charge is 0.454 e. The van der Waals surface area contributed by atoms with Crippen molar-refractivity contribution in [1.29, 1.82) is 5.41 Å². The average molecular weight is 378 g/mol. The lowest BCUT2D eigenvalue weighted by Gasteiger charge is -2.08. The molecule has 0 radical (unpaired) electrons. The summed E-state index contributed by atoms with van der Waals surface area (Å²) >= 11 is 1.37. The maximum absolute atomic E-state index is 12.4. The highest BCUT2D eigenvalue weighted by Gasteiger charge is 2.15. The Morgan fingerprint density at radius 2 is 2.04 bits per heavy atom. The van der Waals surface area contributed by atoms with E-state index in [1.807, 2.05) is 25.1 Å². The lowest BCUT2D eigenvalue weighted by atomic mass is 10.2. The van der Waals surface area contributed by atoms with Crippen LogP contribution in [0.25, 0.3) is 10.2 Å². The number of benzene rings is 2. The molecule has 130 valence electrons. The molecule has 1 aromatic heterocycles. The van der Waals surface area contributed by atoms with Gasteiger partial charge in [-0.1, -0.05) is 17.4 Å². The van der Waals surface area contributed by atoms with E-state index in [2.05, 4.69) is 5.32 Å². The molecule has 2 aromatic carbocycles. The molecule has 4 rings (SSSR count). The van der Waals surface area contributed by atoms with E-state index in [1.165, 1.54) is 11.3 Å². The van der Waals surface area contributed by atoms with Gasteiger partial charge >= 0.3 is 0 Å². The molecule has 8 heteroatoms. The van der Waals surface area contributed by atoms with Gasteiger partial charge in [0.1, 0.15) is 6.54 Å². The molecule has 0 bridgehead atoms. The first-order valence-corrected chi connectivity index (χ1v) is 8.26. The van der Waals surface area contributed by atoms with Gasteiger partial charge in [-0.3, -0.25) is 10.2 Å². The molecule has 0 unspecified atom stereocenters. The van der Waals surface area contributed by atoms with Gasteiger partial charge in [-0.05, 0) is 36.8 Å². The number of fused-ring (bicyclic) bond motifs is 2. The molecule has 0 fully saturated rings. The summed E-state index contributed by atoms with van der Waals surface area (Å²) in [5, 5.41) is 10.9. The normalized spacial score (nSPS) is 12.0. The Labute approximate surface area is 153 Å². The lowest BCUT2D eigenvalue weighted by molar-refractivity contribution is -0.116. The van der Waals surface area contributed by atoms with Crippen LogP contribution in [-0.4, -0.2) is 17.3 Å². The quantitative estimate of drug-likeness (QED) is 0.735. The van der Waals surface area contributed by atoms with Crippen LogP contribution in [0.3, 0.4) is 0 Å². The Balaban J connectivity index is 0.00000182. The molecule has 25 heavy (non-hydrogen) atoms.